The average molecular weight is 680 g/mol. The number of alkyl halides is 1. The second-order valence-electron chi connectivity index (χ2n) is 6.88. The molecule has 4 aromatic rings. The van der Waals surface area contributed by atoms with Crippen LogP contribution in [0.5, 0.6) is 0 Å². The topological polar surface area (TPSA) is 17.8 Å². The molecular weight excluding hydrogens is 662 g/mol. The Balaban J connectivity index is 1.97. The van der Waals surface area contributed by atoms with Crippen molar-refractivity contribution in [2.24, 2.45) is 0 Å². The van der Waals surface area contributed by atoms with E-state index in [-0.39, 0.29) is 3.10 Å². The van der Waals surface area contributed by atoms with E-state index in [0.717, 1.165) is 64.6 Å². The summed E-state index contributed by atoms with van der Waals surface area (Å²) in [5.41, 5.74) is 4.57. The quantitative estimate of drug-likeness (QED) is 0.167. The average Bonchev–Trinajstić information content (AvgIpc) is 3.18. The fourth-order valence-electron chi connectivity index (χ4n) is 3.65. The maximum absolute atomic E-state index is 6.71. The zero-order valence-electron chi connectivity index (χ0n) is 15.6. The first kappa shape index (κ1) is 21.3. The molecule has 0 atom stereocenters. The van der Waals surface area contributed by atoms with Crippen LogP contribution in [-0.4, -0.2) is 41.4 Å². The van der Waals surface area contributed by atoms with Gasteiger partial charge in [0.15, 0.2) is 0 Å². The first-order valence-electron chi connectivity index (χ1n) is 9.34. The van der Waals surface area contributed by atoms with Gasteiger partial charge in [0, 0.05) is 0 Å². The number of fused-ring (bicyclic) bond motifs is 1. The number of hydrogen-bond acceptors (Lipinski definition) is 1. The molecule has 145 valence electrons. The van der Waals surface area contributed by atoms with Gasteiger partial charge in [-0.05, 0) is 0 Å². The number of nitrogens with zero attached hydrogens (tertiary/aromatic N) is 2. The van der Waals surface area contributed by atoms with E-state index in [1.165, 1.54) is 11.1 Å². The molecule has 29 heavy (non-hydrogen) atoms. The summed E-state index contributed by atoms with van der Waals surface area (Å²) in [5, 5.41) is 6.71. The Morgan fingerprint density at radius 3 is 2.14 bits per heavy atom. The molecule has 0 saturated heterocycles. The molecule has 3 aromatic carbocycles. The van der Waals surface area contributed by atoms with Gasteiger partial charge in [-0.15, -0.1) is 0 Å². The maximum atomic E-state index is 6.71. The SMILES string of the molecule is ClCCCc1c(Cl)cc2c(cnn2[C]([Pb])(c2ccccc2)c2ccccc2)c1Br. The predicted octanol–water partition coefficient (Wildman–Crippen LogP) is 6.54. The van der Waals surface area contributed by atoms with E-state index >= 15 is 0 Å². The first-order valence-corrected chi connectivity index (χ1v) is 13.0. The van der Waals surface area contributed by atoms with E-state index in [1.54, 1.807) is 0 Å². The van der Waals surface area contributed by atoms with Gasteiger partial charge < -0.3 is 0 Å². The third kappa shape index (κ3) is 3.91. The van der Waals surface area contributed by atoms with Crippen LogP contribution in [0.4, 0.5) is 0 Å². The van der Waals surface area contributed by atoms with Crippen LogP contribution in [0.3, 0.4) is 0 Å². The Hall–Kier alpha value is -0.888. The van der Waals surface area contributed by atoms with Crippen LogP contribution >= 0.6 is 39.1 Å². The van der Waals surface area contributed by atoms with Crippen molar-refractivity contribution in [3.05, 3.63) is 99.1 Å². The Bertz CT molecular complexity index is 1090. The van der Waals surface area contributed by atoms with Gasteiger partial charge in [-0.2, -0.15) is 0 Å². The second kappa shape index (κ2) is 9.08. The summed E-state index contributed by atoms with van der Waals surface area (Å²) in [4.78, 5) is 0. The van der Waals surface area contributed by atoms with Crippen molar-refractivity contribution in [1.82, 2.24) is 9.78 Å². The summed E-state index contributed by atoms with van der Waals surface area (Å²) in [6, 6.07) is 23.2. The zero-order chi connectivity index (χ0) is 20.4. The molecule has 0 bridgehead atoms. The molecule has 0 aliphatic carbocycles. The molecular formula is C23H18BrCl2N2Pb. The number of hydrogen-bond donors (Lipinski definition) is 0. The van der Waals surface area contributed by atoms with Gasteiger partial charge in [0.05, 0.1) is 0 Å². The van der Waals surface area contributed by atoms with Crippen LogP contribution in [0.1, 0.15) is 23.1 Å². The number of aromatic nitrogens is 2. The van der Waals surface area contributed by atoms with E-state index in [0.29, 0.717) is 5.88 Å². The molecule has 4 rings (SSSR count). The molecule has 0 N–H and O–H groups in total. The normalized spacial score (nSPS) is 11.9. The van der Waals surface area contributed by atoms with Crippen molar-refractivity contribution in [2.45, 2.75) is 15.9 Å². The Labute approximate surface area is 205 Å². The molecule has 3 radical (unpaired) electrons. The third-order valence-corrected chi connectivity index (χ3v) is 9.70. The summed E-state index contributed by atoms with van der Waals surface area (Å²) in [6.07, 6.45) is 3.67. The van der Waals surface area contributed by atoms with Gasteiger partial charge in [0.2, 0.25) is 0 Å². The fraction of sp³-hybridized carbons (Fsp3) is 0.174. The molecule has 0 amide bonds. The minimum absolute atomic E-state index is 0.343. The monoisotopic (exact) mass is 679 g/mol. The van der Waals surface area contributed by atoms with E-state index in [4.69, 9.17) is 28.3 Å². The van der Waals surface area contributed by atoms with E-state index in [2.05, 4.69) is 75.2 Å². The van der Waals surface area contributed by atoms with Crippen LogP contribution in [0.2, 0.25) is 5.02 Å². The number of halogens is 3. The van der Waals surface area contributed by atoms with Gasteiger partial charge in [-0.3, -0.25) is 0 Å². The molecule has 6 heteroatoms. The van der Waals surface area contributed by atoms with Crippen molar-refractivity contribution in [2.75, 3.05) is 5.88 Å². The van der Waals surface area contributed by atoms with Crippen LogP contribution in [-0.2, 0) is 9.52 Å². The predicted molar refractivity (Wildman–Crippen MR) is 126 cm³/mol. The standard InChI is InChI=1S/C23H18BrCl2N2.Pb/c24-22-18(12-7-13-25)20(26)14-21-19(22)15-27-28(21)23(16-8-3-1-4-9-16)17-10-5-2-6-11-17;/h1-6,8-11,14-15H,7,12-13H2;. The molecule has 0 saturated carbocycles. The van der Waals surface area contributed by atoms with Crippen molar-refractivity contribution in [3.8, 4) is 0 Å². The summed E-state index contributed by atoms with van der Waals surface area (Å²) in [5.74, 6) is 0.617. The summed E-state index contributed by atoms with van der Waals surface area (Å²) >= 11 is 17.2. The molecule has 2 nitrogen and oxygen atoms in total. The van der Waals surface area contributed by atoms with Gasteiger partial charge in [0.25, 0.3) is 0 Å². The number of benzene rings is 3. The van der Waals surface area contributed by atoms with Crippen LogP contribution in [0.15, 0.2) is 77.4 Å². The molecule has 0 unspecified atom stereocenters. The summed E-state index contributed by atoms with van der Waals surface area (Å²) < 4.78 is 2.81. The van der Waals surface area contributed by atoms with Gasteiger partial charge in [-0.25, -0.2) is 0 Å². The van der Waals surface area contributed by atoms with Crippen LogP contribution in [0, 0.1) is 0 Å². The van der Waals surface area contributed by atoms with Gasteiger partial charge in [0.1, 0.15) is 0 Å². The van der Waals surface area contributed by atoms with Crippen LogP contribution in [0.25, 0.3) is 10.9 Å². The van der Waals surface area contributed by atoms with Gasteiger partial charge >= 0.3 is 207 Å². The van der Waals surface area contributed by atoms with Crippen molar-refractivity contribution in [3.63, 3.8) is 0 Å². The van der Waals surface area contributed by atoms with Crippen LogP contribution < -0.4 is 0 Å². The Morgan fingerprint density at radius 1 is 1.00 bits per heavy atom. The Kier molecular flexibility index (Phi) is 6.69. The third-order valence-electron chi connectivity index (χ3n) is 5.12. The van der Waals surface area contributed by atoms with E-state index < -0.39 is 0 Å². The van der Waals surface area contributed by atoms with E-state index in [1.807, 2.05) is 18.3 Å². The molecule has 1 aromatic heterocycles. The van der Waals surface area contributed by atoms with Crippen molar-refractivity contribution in [1.29, 1.82) is 0 Å². The molecule has 0 aliphatic rings. The zero-order valence-corrected chi connectivity index (χ0v) is 22.6. The molecule has 0 spiro atoms. The summed E-state index contributed by atoms with van der Waals surface area (Å²) in [6.45, 7) is 0. The second-order valence-corrected chi connectivity index (χ2v) is 11.3. The molecule has 1 heterocycles. The minimum atomic E-state index is -0.343. The Morgan fingerprint density at radius 2 is 1.59 bits per heavy atom. The summed E-state index contributed by atoms with van der Waals surface area (Å²) in [7, 11) is 0. The van der Waals surface area contributed by atoms with Crippen molar-refractivity contribution >= 4 is 75.8 Å². The van der Waals surface area contributed by atoms with Gasteiger partial charge in [-0.1, -0.05) is 0 Å². The first-order chi connectivity index (χ1) is 14.1. The molecule has 0 aliphatic heterocycles. The van der Waals surface area contributed by atoms with Crippen molar-refractivity contribution < 1.29 is 0 Å². The number of rotatable bonds is 6. The molecule has 0 fully saturated rings. The van der Waals surface area contributed by atoms with E-state index in [9.17, 15) is 0 Å². The fourth-order valence-corrected chi connectivity index (χ4v) is 6.90.